The Hall–Kier alpha value is -1.52. The zero-order valence-electron chi connectivity index (χ0n) is 12.5. The summed E-state index contributed by atoms with van der Waals surface area (Å²) in [6, 6.07) is 8.70. The van der Waals surface area contributed by atoms with Crippen molar-refractivity contribution in [3.8, 4) is 11.5 Å². The van der Waals surface area contributed by atoms with Gasteiger partial charge in [-0.25, -0.2) is 0 Å². The van der Waals surface area contributed by atoms with Crippen molar-refractivity contribution in [3.63, 3.8) is 0 Å². The fraction of sp³-hybridized carbons (Fsp3) is 0.529. The van der Waals surface area contributed by atoms with Gasteiger partial charge in [-0.05, 0) is 25.5 Å². The van der Waals surface area contributed by atoms with E-state index in [9.17, 15) is 0 Å². The Bertz CT molecular complexity index is 501. The van der Waals surface area contributed by atoms with Crippen LogP contribution in [0.25, 0.3) is 0 Å². The molecule has 2 aliphatic rings. The molecule has 2 bridgehead atoms. The molecule has 2 aliphatic heterocycles. The summed E-state index contributed by atoms with van der Waals surface area (Å²) in [5.41, 5.74) is 1.47. The highest BCUT2D eigenvalue weighted by Gasteiger charge is 2.25. The van der Waals surface area contributed by atoms with Crippen LogP contribution >= 0.6 is 0 Å². The van der Waals surface area contributed by atoms with Crippen LogP contribution in [-0.2, 0) is 4.74 Å². The lowest BCUT2D eigenvalue weighted by Crippen LogP contribution is -2.50. The zero-order valence-corrected chi connectivity index (χ0v) is 12.5. The number of rotatable bonds is 6. The van der Waals surface area contributed by atoms with Crippen LogP contribution in [0.15, 0.2) is 35.9 Å². The first kappa shape index (κ1) is 14.4. The van der Waals surface area contributed by atoms with Gasteiger partial charge < -0.3 is 19.5 Å². The molecule has 0 radical (unpaired) electrons. The summed E-state index contributed by atoms with van der Waals surface area (Å²) < 4.78 is 17.0. The van der Waals surface area contributed by atoms with Crippen molar-refractivity contribution in [1.29, 1.82) is 0 Å². The number of benzene rings is 1. The molecular weight excluding hydrogens is 266 g/mol. The fourth-order valence-corrected chi connectivity index (χ4v) is 2.94. The minimum absolute atomic E-state index is 0.378. The van der Waals surface area contributed by atoms with Gasteiger partial charge >= 0.3 is 0 Å². The average Bonchev–Trinajstić information content (AvgIpc) is 2.49. The van der Waals surface area contributed by atoms with E-state index in [1.165, 1.54) is 5.57 Å². The molecule has 2 atom stereocenters. The standard InChI is InChI=1S/C17H23NO3/c1-2-20-16-5-3-4-6-17(16)21-8-7-13-9-14-11-19-12-15(10-13)18-14/h3-6,9,14-15,18H,2,7-8,10-12H2,1H3. The van der Waals surface area contributed by atoms with Crippen molar-refractivity contribution in [2.75, 3.05) is 26.4 Å². The van der Waals surface area contributed by atoms with E-state index in [4.69, 9.17) is 14.2 Å². The molecule has 2 heterocycles. The Morgan fingerprint density at radius 2 is 2.00 bits per heavy atom. The maximum absolute atomic E-state index is 5.90. The zero-order chi connectivity index (χ0) is 14.5. The molecule has 1 saturated heterocycles. The summed E-state index contributed by atoms with van der Waals surface area (Å²) in [5, 5.41) is 3.55. The third kappa shape index (κ3) is 3.77. The van der Waals surface area contributed by atoms with Gasteiger partial charge in [-0.1, -0.05) is 23.8 Å². The van der Waals surface area contributed by atoms with Crippen molar-refractivity contribution in [1.82, 2.24) is 5.32 Å². The minimum atomic E-state index is 0.378. The molecular formula is C17H23NO3. The quantitative estimate of drug-likeness (QED) is 0.817. The Labute approximate surface area is 126 Å². The van der Waals surface area contributed by atoms with E-state index in [1.54, 1.807) is 0 Å². The maximum atomic E-state index is 5.90. The van der Waals surface area contributed by atoms with Gasteiger partial charge in [0.15, 0.2) is 11.5 Å². The van der Waals surface area contributed by atoms with Crippen LogP contribution in [0.5, 0.6) is 11.5 Å². The van der Waals surface area contributed by atoms with Crippen LogP contribution in [0.3, 0.4) is 0 Å². The van der Waals surface area contributed by atoms with Gasteiger partial charge in [0.25, 0.3) is 0 Å². The molecule has 0 aliphatic carbocycles. The summed E-state index contributed by atoms with van der Waals surface area (Å²) >= 11 is 0. The molecule has 0 saturated carbocycles. The highest BCUT2D eigenvalue weighted by atomic mass is 16.5. The van der Waals surface area contributed by atoms with Crippen LogP contribution in [0.1, 0.15) is 19.8 Å². The average molecular weight is 289 g/mol. The monoisotopic (exact) mass is 289 g/mol. The van der Waals surface area contributed by atoms with E-state index in [1.807, 2.05) is 31.2 Å². The van der Waals surface area contributed by atoms with Crippen LogP contribution in [0, 0.1) is 0 Å². The number of morpholine rings is 1. The summed E-state index contributed by atoms with van der Waals surface area (Å²) in [4.78, 5) is 0. The smallest absolute Gasteiger partial charge is 0.161 e. The lowest BCUT2D eigenvalue weighted by molar-refractivity contribution is 0.0523. The maximum Gasteiger partial charge on any atom is 0.161 e. The summed E-state index contributed by atoms with van der Waals surface area (Å²) in [5.74, 6) is 1.65. The first-order valence-electron chi connectivity index (χ1n) is 7.73. The lowest BCUT2D eigenvalue weighted by atomic mass is 9.95. The van der Waals surface area contributed by atoms with E-state index < -0.39 is 0 Å². The molecule has 0 spiro atoms. The highest BCUT2D eigenvalue weighted by molar-refractivity contribution is 5.39. The Kier molecular flexibility index (Phi) is 4.78. The van der Waals surface area contributed by atoms with E-state index >= 15 is 0 Å². The van der Waals surface area contributed by atoms with Crippen molar-refractivity contribution in [3.05, 3.63) is 35.9 Å². The molecule has 21 heavy (non-hydrogen) atoms. The number of fused-ring (bicyclic) bond motifs is 2. The number of ether oxygens (including phenoxy) is 3. The van der Waals surface area contributed by atoms with Crippen molar-refractivity contribution in [2.45, 2.75) is 31.8 Å². The molecule has 1 fully saturated rings. The molecule has 0 amide bonds. The Morgan fingerprint density at radius 1 is 1.19 bits per heavy atom. The number of hydrogen-bond acceptors (Lipinski definition) is 4. The topological polar surface area (TPSA) is 39.7 Å². The number of nitrogens with one attached hydrogen (secondary N) is 1. The van der Waals surface area contributed by atoms with E-state index in [0.29, 0.717) is 25.3 Å². The molecule has 4 nitrogen and oxygen atoms in total. The van der Waals surface area contributed by atoms with Crippen LogP contribution < -0.4 is 14.8 Å². The molecule has 1 aromatic carbocycles. The Morgan fingerprint density at radius 3 is 2.76 bits per heavy atom. The van der Waals surface area contributed by atoms with Gasteiger partial charge in [-0.15, -0.1) is 0 Å². The van der Waals surface area contributed by atoms with E-state index in [0.717, 1.165) is 37.6 Å². The predicted octanol–water partition coefficient (Wildman–Crippen LogP) is 2.54. The van der Waals surface area contributed by atoms with Gasteiger partial charge in [-0.2, -0.15) is 0 Å². The van der Waals surface area contributed by atoms with Gasteiger partial charge in [0.05, 0.1) is 26.4 Å². The summed E-state index contributed by atoms with van der Waals surface area (Å²) in [6.45, 7) is 4.93. The first-order valence-corrected chi connectivity index (χ1v) is 7.73. The summed E-state index contributed by atoms with van der Waals surface area (Å²) in [6.07, 6.45) is 4.33. The molecule has 4 heteroatoms. The van der Waals surface area contributed by atoms with Crippen molar-refractivity contribution >= 4 is 0 Å². The molecule has 114 valence electrons. The molecule has 3 rings (SSSR count). The molecule has 1 aromatic rings. The van der Waals surface area contributed by atoms with Gasteiger partial charge in [0.1, 0.15) is 0 Å². The predicted molar refractivity (Wildman–Crippen MR) is 82.0 cm³/mol. The lowest BCUT2D eigenvalue weighted by Gasteiger charge is -2.35. The number of para-hydroxylation sites is 2. The third-order valence-electron chi connectivity index (χ3n) is 3.84. The van der Waals surface area contributed by atoms with Crippen LogP contribution in [0.4, 0.5) is 0 Å². The Balaban J connectivity index is 1.53. The number of hydrogen-bond donors (Lipinski definition) is 1. The fourth-order valence-electron chi connectivity index (χ4n) is 2.94. The first-order chi connectivity index (χ1) is 10.3. The largest absolute Gasteiger partial charge is 0.490 e. The van der Waals surface area contributed by atoms with Crippen molar-refractivity contribution < 1.29 is 14.2 Å². The van der Waals surface area contributed by atoms with Crippen molar-refractivity contribution in [2.24, 2.45) is 0 Å². The SMILES string of the molecule is CCOc1ccccc1OCCC1=CC2COCC(C1)N2. The van der Waals surface area contributed by atoms with Gasteiger partial charge in [0, 0.05) is 18.5 Å². The molecule has 0 aromatic heterocycles. The molecule has 2 unspecified atom stereocenters. The third-order valence-corrected chi connectivity index (χ3v) is 3.84. The van der Waals surface area contributed by atoms with Gasteiger partial charge in [0.2, 0.25) is 0 Å². The minimum Gasteiger partial charge on any atom is -0.490 e. The highest BCUT2D eigenvalue weighted by Crippen LogP contribution is 2.27. The second kappa shape index (κ2) is 6.96. The van der Waals surface area contributed by atoms with E-state index in [-0.39, 0.29) is 0 Å². The second-order valence-corrected chi connectivity index (χ2v) is 5.51. The second-order valence-electron chi connectivity index (χ2n) is 5.51. The molecule has 1 N–H and O–H groups in total. The van der Waals surface area contributed by atoms with Gasteiger partial charge in [-0.3, -0.25) is 0 Å². The summed E-state index contributed by atoms with van der Waals surface area (Å²) in [7, 11) is 0. The van der Waals surface area contributed by atoms with E-state index in [2.05, 4.69) is 11.4 Å². The van der Waals surface area contributed by atoms with Crippen LogP contribution in [-0.4, -0.2) is 38.5 Å². The van der Waals surface area contributed by atoms with Crippen LogP contribution in [0.2, 0.25) is 0 Å². The normalized spacial score (nSPS) is 24.3.